The Balaban J connectivity index is 2.15. The van der Waals surface area contributed by atoms with E-state index in [4.69, 9.17) is 9.84 Å². The van der Waals surface area contributed by atoms with Gasteiger partial charge in [-0.3, -0.25) is 4.79 Å². The molecule has 1 saturated heterocycles. The molecule has 19 heavy (non-hydrogen) atoms. The van der Waals surface area contributed by atoms with E-state index in [0.29, 0.717) is 0 Å². The minimum absolute atomic E-state index is 0.0729. The molecule has 0 spiro atoms. The molecule has 1 aliphatic rings. The first-order chi connectivity index (χ1) is 9.00. The molecule has 0 aliphatic carbocycles. The summed E-state index contributed by atoms with van der Waals surface area (Å²) in [5.74, 6) is -0.996. The summed E-state index contributed by atoms with van der Waals surface area (Å²) in [4.78, 5) is 10.9. The zero-order chi connectivity index (χ0) is 13.9. The Morgan fingerprint density at radius 3 is 2.68 bits per heavy atom. The van der Waals surface area contributed by atoms with Crippen molar-refractivity contribution in [2.75, 3.05) is 19.7 Å². The van der Waals surface area contributed by atoms with Crippen LogP contribution < -0.4 is 0 Å². The zero-order valence-corrected chi connectivity index (χ0v) is 11.0. The molecular formula is C12H15NO5S. The first kappa shape index (κ1) is 14.0. The topological polar surface area (TPSA) is 83.9 Å². The fourth-order valence-electron chi connectivity index (χ4n) is 1.97. The van der Waals surface area contributed by atoms with E-state index in [1.807, 2.05) is 0 Å². The standard InChI is InChI=1S/C12H15NO5S/c14-12(15)8-10-9-13(6-7-18-10)19(16,17)11-4-2-1-3-5-11/h1-5,10H,6-9H2,(H,14,15). The second kappa shape index (κ2) is 5.68. The fourth-order valence-corrected chi connectivity index (χ4v) is 3.45. The van der Waals surface area contributed by atoms with Crippen molar-refractivity contribution in [3.8, 4) is 0 Å². The molecule has 0 amide bonds. The number of morpholine rings is 1. The molecule has 0 bridgehead atoms. The van der Waals surface area contributed by atoms with Gasteiger partial charge in [0.25, 0.3) is 0 Å². The Morgan fingerprint density at radius 2 is 2.05 bits per heavy atom. The van der Waals surface area contributed by atoms with Crippen LogP contribution in [0, 0.1) is 0 Å². The molecule has 0 aromatic heterocycles. The maximum absolute atomic E-state index is 12.3. The predicted molar refractivity (Wildman–Crippen MR) is 67.2 cm³/mol. The maximum atomic E-state index is 12.3. The van der Waals surface area contributed by atoms with Crippen molar-refractivity contribution in [2.45, 2.75) is 17.4 Å². The van der Waals surface area contributed by atoms with Crippen molar-refractivity contribution >= 4 is 16.0 Å². The van der Waals surface area contributed by atoms with Crippen LogP contribution in [0.25, 0.3) is 0 Å². The Hall–Kier alpha value is -1.44. The first-order valence-corrected chi connectivity index (χ1v) is 7.33. The van der Waals surface area contributed by atoms with Crippen molar-refractivity contribution in [3.63, 3.8) is 0 Å². The van der Waals surface area contributed by atoms with Gasteiger partial charge in [0.15, 0.2) is 0 Å². The SMILES string of the molecule is O=C(O)CC1CN(S(=O)(=O)c2ccccc2)CCO1. The zero-order valence-electron chi connectivity index (χ0n) is 10.2. The Kier molecular flexibility index (Phi) is 4.18. The van der Waals surface area contributed by atoms with Gasteiger partial charge >= 0.3 is 5.97 Å². The van der Waals surface area contributed by atoms with E-state index in [1.54, 1.807) is 18.2 Å². The molecule has 1 heterocycles. The van der Waals surface area contributed by atoms with Crippen LogP contribution in [0.3, 0.4) is 0 Å². The molecular weight excluding hydrogens is 270 g/mol. The molecule has 1 aromatic rings. The van der Waals surface area contributed by atoms with Gasteiger partial charge in [0.1, 0.15) is 0 Å². The molecule has 104 valence electrons. The number of nitrogens with zero attached hydrogens (tertiary/aromatic N) is 1. The Labute approximate surface area is 111 Å². The van der Waals surface area contributed by atoms with E-state index >= 15 is 0 Å². The molecule has 1 unspecified atom stereocenters. The monoisotopic (exact) mass is 285 g/mol. The van der Waals surface area contributed by atoms with Gasteiger partial charge in [0, 0.05) is 13.1 Å². The second-order valence-corrected chi connectivity index (χ2v) is 6.20. The number of hydrogen-bond acceptors (Lipinski definition) is 4. The van der Waals surface area contributed by atoms with E-state index in [0.717, 1.165) is 0 Å². The molecule has 2 rings (SSSR count). The number of carboxylic acids is 1. The second-order valence-electron chi connectivity index (χ2n) is 4.27. The Morgan fingerprint density at radius 1 is 1.37 bits per heavy atom. The van der Waals surface area contributed by atoms with Gasteiger partial charge in [0.2, 0.25) is 10.0 Å². The summed E-state index contributed by atoms with van der Waals surface area (Å²) in [5.41, 5.74) is 0. The van der Waals surface area contributed by atoms with Crippen molar-refractivity contribution in [2.24, 2.45) is 0 Å². The third kappa shape index (κ3) is 3.31. The van der Waals surface area contributed by atoms with Crippen LogP contribution in [-0.4, -0.2) is 49.6 Å². The number of benzene rings is 1. The average Bonchev–Trinajstić information content (AvgIpc) is 2.39. The lowest BCUT2D eigenvalue weighted by molar-refractivity contribution is -0.141. The van der Waals surface area contributed by atoms with Gasteiger partial charge in [-0.1, -0.05) is 18.2 Å². The molecule has 1 aliphatic heterocycles. The van der Waals surface area contributed by atoms with Crippen LogP contribution >= 0.6 is 0 Å². The largest absolute Gasteiger partial charge is 0.481 e. The molecule has 1 atom stereocenters. The van der Waals surface area contributed by atoms with Gasteiger partial charge in [-0.2, -0.15) is 4.31 Å². The van der Waals surface area contributed by atoms with Crippen molar-refractivity contribution in [1.82, 2.24) is 4.31 Å². The van der Waals surface area contributed by atoms with Crippen LogP contribution in [-0.2, 0) is 19.6 Å². The van der Waals surface area contributed by atoms with Crippen LogP contribution in [0.5, 0.6) is 0 Å². The van der Waals surface area contributed by atoms with Crippen LogP contribution in [0.15, 0.2) is 35.2 Å². The highest BCUT2D eigenvalue weighted by atomic mass is 32.2. The van der Waals surface area contributed by atoms with Crippen LogP contribution in [0.2, 0.25) is 0 Å². The summed E-state index contributed by atoms with van der Waals surface area (Å²) in [6.45, 7) is 0.529. The molecule has 7 heteroatoms. The van der Waals surface area contributed by atoms with Crippen molar-refractivity contribution in [1.29, 1.82) is 0 Å². The lowest BCUT2D eigenvalue weighted by Gasteiger charge is -2.31. The van der Waals surface area contributed by atoms with E-state index in [9.17, 15) is 13.2 Å². The summed E-state index contributed by atoms with van der Waals surface area (Å²) >= 11 is 0. The number of ether oxygens (including phenoxy) is 1. The number of carbonyl (C=O) groups is 1. The number of aliphatic carboxylic acids is 1. The summed E-state index contributed by atoms with van der Waals surface area (Å²) < 4.78 is 31.2. The quantitative estimate of drug-likeness (QED) is 0.873. The number of rotatable bonds is 4. The molecule has 0 radical (unpaired) electrons. The predicted octanol–water partition coefficient (Wildman–Crippen LogP) is 0.551. The summed E-state index contributed by atoms with van der Waals surface area (Å²) in [6.07, 6.45) is -0.786. The summed E-state index contributed by atoms with van der Waals surface area (Å²) in [7, 11) is -3.57. The van der Waals surface area contributed by atoms with Gasteiger partial charge in [0.05, 0.1) is 24.0 Å². The normalized spacial score (nSPS) is 21.2. The highest BCUT2D eigenvalue weighted by molar-refractivity contribution is 7.89. The van der Waals surface area contributed by atoms with Crippen molar-refractivity contribution < 1.29 is 23.1 Å². The minimum atomic E-state index is -3.57. The van der Waals surface area contributed by atoms with E-state index in [1.165, 1.54) is 16.4 Å². The lowest BCUT2D eigenvalue weighted by atomic mass is 10.2. The maximum Gasteiger partial charge on any atom is 0.306 e. The molecule has 1 N–H and O–H groups in total. The first-order valence-electron chi connectivity index (χ1n) is 5.89. The van der Waals surface area contributed by atoms with Gasteiger partial charge in [-0.05, 0) is 12.1 Å². The number of hydrogen-bond donors (Lipinski definition) is 1. The smallest absolute Gasteiger partial charge is 0.306 e. The minimum Gasteiger partial charge on any atom is -0.481 e. The van der Waals surface area contributed by atoms with Gasteiger partial charge in [-0.25, -0.2) is 8.42 Å². The highest BCUT2D eigenvalue weighted by Crippen LogP contribution is 2.19. The van der Waals surface area contributed by atoms with Crippen LogP contribution in [0.4, 0.5) is 0 Å². The van der Waals surface area contributed by atoms with E-state index in [-0.39, 0.29) is 31.0 Å². The van der Waals surface area contributed by atoms with Gasteiger partial charge in [-0.15, -0.1) is 0 Å². The highest BCUT2D eigenvalue weighted by Gasteiger charge is 2.31. The van der Waals surface area contributed by atoms with Gasteiger partial charge < -0.3 is 9.84 Å². The molecule has 6 nitrogen and oxygen atoms in total. The number of sulfonamides is 1. The molecule has 1 aromatic carbocycles. The third-order valence-corrected chi connectivity index (χ3v) is 4.76. The molecule has 0 saturated carbocycles. The Bertz CT molecular complexity index is 542. The van der Waals surface area contributed by atoms with Crippen molar-refractivity contribution in [3.05, 3.63) is 30.3 Å². The lowest BCUT2D eigenvalue weighted by Crippen LogP contribution is -2.46. The number of carboxylic acid groups (broad SMARTS) is 1. The van der Waals surface area contributed by atoms with Crippen LogP contribution in [0.1, 0.15) is 6.42 Å². The third-order valence-electron chi connectivity index (χ3n) is 2.88. The summed E-state index contributed by atoms with van der Waals surface area (Å²) in [6, 6.07) is 8.10. The summed E-state index contributed by atoms with van der Waals surface area (Å²) in [5, 5.41) is 8.72. The molecule has 1 fully saturated rings. The fraction of sp³-hybridized carbons (Fsp3) is 0.417. The average molecular weight is 285 g/mol. The van der Waals surface area contributed by atoms with E-state index in [2.05, 4.69) is 0 Å². The van der Waals surface area contributed by atoms with E-state index < -0.39 is 22.1 Å².